The Hall–Kier alpha value is -3.47. The number of nitrogens with one attached hydrogen (secondary N) is 1. The normalized spacial score (nSPS) is 10.7. The molecule has 2 heterocycles. The second kappa shape index (κ2) is 10.6. The lowest BCUT2D eigenvalue weighted by Gasteiger charge is -2.09. The van der Waals surface area contributed by atoms with E-state index in [0.29, 0.717) is 43.6 Å². The molecule has 34 heavy (non-hydrogen) atoms. The van der Waals surface area contributed by atoms with Gasteiger partial charge in [-0.2, -0.15) is 0 Å². The number of nitrogens with zero attached hydrogens (tertiary/aromatic N) is 5. The molecule has 0 saturated carbocycles. The van der Waals surface area contributed by atoms with Gasteiger partial charge in [-0.15, -0.1) is 5.10 Å². The standard InChI is InChI=1S/C22H16Cl2N6O3S/c1-33-21(32)13-3-5-16(6-4-13)27-20(31)19-18(12-34-22-25-7-2-8-26-22)30(29-28-19)17-10-14(23)9-15(24)11-17/h2-11H,12H2,1H3,(H,27,31). The minimum atomic E-state index is -0.477. The van der Waals surface area contributed by atoms with Crippen molar-refractivity contribution in [1.29, 1.82) is 0 Å². The summed E-state index contributed by atoms with van der Waals surface area (Å²) in [5, 5.41) is 12.4. The number of anilines is 1. The van der Waals surface area contributed by atoms with Crippen molar-refractivity contribution in [2.24, 2.45) is 0 Å². The summed E-state index contributed by atoms with van der Waals surface area (Å²) in [6, 6.07) is 12.9. The fraction of sp³-hybridized carbons (Fsp3) is 0.0909. The van der Waals surface area contributed by atoms with Crippen molar-refractivity contribution in [3.63, 3.8) is 0 Å². The summed E-state index contributed by atoms with van der Waals surface area (Å²) in [7, 11) is 1.30. The molecule has 0 aliphatic heterocycles. The van der Waals surface area contributed by atoms with Crippen LogP contribution in [-0.4, -0.2) is 43.9 Å². The Bertz CT molecular complexity index is 1310. The van der Waals surface area contributed by atoms with Gasteiger partial charge in [-0.05, 0) is 48.5 Å². The maximum absolute atomic E-state index is 13.1. The Morgan fingerprint density at radius 1 is 1.06 bits per heavy atom. The van der Waals surface area contributed by atoms with Crippen molar-refractivity contribution in [2.45, 2.75) is 10.9 Å². The van der Waals surface area contributed by atoms with E-state index in [9.17, 15) is 9.59 Å². The SMILES string of the molecule is COC(=O)c1ccc(NC(=O)c2nnn(-c3cc(Cl)cc(Cl)c3)c2CSc2ncccn2)cc1. The van der Waals surface area contributed by atoms with E-state index in [-0.39, 0.29) is 5.69 Å². The van der Waals surface area contributed by atoms with Crippen LogP contribution in [0.4, 0.5) is 5.69 Å². The van der Waals surface area contributed by atoms with Crippen molar-refractivity contribution in [2.75, 3.05) is 12.4 Å². The average Bonchev–Trinajstić information content (AvgIpc) is 3.27. The Labute approximate surface area is 208 Å². The Morgan fingerprint density at radius 2 is 1.74 bits per heavy atom. The van der Waals surface area contributed by atoms with Crippen LogP contribution in [0.1, 0.15) is 26.5 Å². The molecule has 0 fully saturated rings. The van der Waals surface area contributed by atoms with Crippen LogP contribution in [0.5, 0.6) is 0 Å². The maximum atomic E-state index is 13.1. The van der Waals surface area contributed by atoms with Crippen molar-refractivity contribution in [3.05, 3.63) is 87.9 Å². The highest BCUT2D eigenvalue weighted by molar-refractivity contribution is 7.98. The van der Waals surface area contributed by atoms with Crippen LogP contribution >= 0.6 is 35.0 Å². The molecule has 1 N–H and O–H groups in total. The number of halogens is 2. The van der Waals surface area contributed by atoms with Crippen LogP contribution in [-0.2, 0) is 10.5 Å². The monoisotopic (exact) mass is 514 g/mol. The average molecular weight is 515 g/mol. The third-order valence-corrected chi connectivity index (χ3v) is 5.84. The molecule has 0 aliphatic carbocycles. The summed E-state index contributed by atoms with van der Waals surface area (Å²) in [5.41, 5.74) is 2.00. The molecule has 172 valence electrons. The highest BCUT2D eigenvalue weighted by Gasteiger charge is 2.22. The molecule has 1 amide bonds. The van der Waals surface area contributed by atoms with E-state index in [1.54, 1.807) is 60.9 Å². The minimum Gasteiger partial charge on any atom is -0.465 e. The van der Waals surface area contributed by atoms with Gasteiger partial charge in [-0.3, -0.25) is 4.79 Å². The van der Waals surface area contributed by atoms with Gasteiger partial charge in [0.15, 0.2) is 10.9 Å². The van der Waals surface area contributed by atoms with E-state index in [1.807, 2.05) is 0 Å². The molecule has 0 radical (unpaired) electrons. The largest absolute Gasteiger partial charge is 0.465 e. The number of carbonyl (C=O) groups is 2. The second-order valence-electron chi connectivity index (χ2n) is 6.77. The van der Waals surface area contributed by atoms with Gasteiger partial charge in [-0.25, -0.2) is 19.4 Å². The molecule has 4 rings (SSSR count). The van der Waals surface area contributed by atoms with Crippen LogP contribution in [0.15, 0.2) is 66.1 Å². The number of benzene rings is 2. The number of rotatable bonds is 7. The molecule has 9 nitrogen and oxygen atoms in total. The lowest BCUT2D eigenvalue weighted by atomic mass is 10.2. The summed E-state index contributed by atoms with van der Waals surface area (Å²) in [6.07, 6.45) is 3.26. The van der Waals surface area contributed by atoms with Crippen LogP contribution in [0, 0.1) is 0 Å². The molecule has 0 unspecified atom stereocenters. The molecule has 0 saturated heterocycles. The van der Waals surface area contributed by atoms with Crippen molar-refractivity contribution in [3.8, 4) is 5.69 Å². The molecule has 0 spiro atoms. The fourth-order valence-corrected chi connectivity index (χ4v) is 4.28. The zero-order valence-corrected chi connectivity index (χ0v) is 19.9. The van der Waals surface area contributed by atoms with E-state index in [2.05, 4.69) is 30.3 Å². The summed E-state index contributed by atoms with van der Waals surface area (Å²) in [4.78, 5) is 33.1. The quantitative estimate of drug-likeness (QED) is 0.214. The number of thioether (sulfide) groups is 1. The summed E-state index contributed by atoms with van der Waals surface area (Å²) in [5.74, 6) is -0.649. The van der Waals surface area contributed by atoms with Gasteiger partial charge in [0.1, 0.15) is 0 Å². The highest BCUT2D eigenvalue weighted by Crippen LogP contribution is 2.27. The number of ether oxygens (including phenoxy) is 1. The molecule has 2 aromatic carbocycles. The summed E-state index contributed by atoms with van der Waals surface area (Å²) >= 11 is 13.6. The first-order chi connectivity index (χ1) is 16.4. The van der Waals surface area contributed by atoms with Crippen molar-refractivity contribution >= 4 is 52.5 Å². The van der Waals surface area contributed by atoms with Gasteiger partial charge in [-0.1, -0.05) is 40.2 Å². The smallest absolute Gasteiger partial charge is 0.337 e. The molecular weight excluding hydrogens is 499 g/mol. The molecular formula is C22H16Cl2N6O3S. The van der Waals surface area contributed by atoms with Crippen LogP contribution in [0.3, 0.4) is 0 Å². The molecule has 0 atom stereocenters. The molecule has 4 aromatic rings. The number of hydrogen-bond donors (Lipinski definition) is 1. The van der Waals surface area contributed by atoms with E-state index in [0.717, 1.165) is 0 Å². The molecule has 0 aliphatic rings. The fourth-order valence-electron chi connectivity index (χ4n) is 2.97. The zero-order chi connectivity index (χ0) is 24.1. The summed E-state index contributed by atoms with van der Waals surface area (Å²) < 4.78 is 6.19. The Balaban J connectivity index is 1.64. The maximum Gasteiger partial charge on any atom is 0.337 e. The van der Waals surface area contributed by atoms with Crippen LogP contribution < -0.4 is 5.32 Å². The van der Waals surface area contributed by atoms with Crippen LogP contribution in [0.25, 0.3) is 5.69 Å². The first-order valence-electron chi connectivity index (χ1n) is 9.75. The molecule has 12 heteroatoms. The van der Waals surface area contributed by atoms with Crippen molar-refractivity contribution in [1.82, 2.24) is 25.0 Å². The predicted molar refractivity (Wildman–Crippen MR) is 129 cm³/mol. The molecule has 2 aromatic heterocycles. The third kappa shape index (κ3) is 5.53. The highest BCUT2D eigenvalue weighted by atomic mass is 35.5. The van der Waals surface area contributed by atoms with Gasteiger partial charge < -0.3 is 10.1 Å². The van der Waals surface area contributed by atoms with E-state index in [1.165, 1.54) is 23.6 Å². The van der Waals surface area contributed by atoms with Gasteiger partial charge in [0.05, 0.1) is 24.1 Å². The van der Waals surface area contributed by atoms with Gasteiger partial charge in [0, 0.05) is 33.9 Å². The number of hydrogen-bond acceptors (Lipinski definition) is 8. The van der Waals surface area contributed by atoms with Gasteiger partial charge >= 0.3 is 5.97 Å². The van der Waals surface area contributed by atoms with Gasteiger partial charge in [0.25, 0.3) is 5.91 Å². The van der Waals surface area contributed by atoms with Gasteiger partial charge in [0.2, 0.25) is 0 Å². The lowest BCUT2D eigenvalue weighted by Crippen LogP contribution is -2.15. The topological polar surface area (TPSA) is 112 Å². The predicted octanol–water partition coefficient (Wildman–Crippen LogP) is 4.70. The molecule has 0 bridgehead atoms. The van der Waals surface area contributed by atoms with E-state index < -0.39 is 11.9 Å². The number of carbonyl (C=O) groups excluding carboxylic acids is 2. The van der Waals surface area contributed by atoms with E-state index >= 15 is 0 Å². The Morgan fingerprint density at radius 3 is 2.38 bits per heavy atom. The third-order valence-electron chi connectivity index (χ3n) is 4.51. The Kier molecular flexibility index (Phi) is 7.41. The van der Waals surface area contributed by atoms with Crippen LogP contribution in [0.2, 0.25) is 10.0 Å². The zero-order valence-electron chi connectivity index (χ0n) is 17.6. The number of esters is 1. The number of methoxy groups -OCH3 is 1. The lowest BCUT2D eigenvalue weighted by molar-refractivity contribution is 0.0600. The summed E-state index contributed by atoms with van der Waals surface area (Å²) in [6.45, 7) is 0. The van der Waals surface area contributed by atoms with E-state index in [4.69, 9.17) is 23.2 Å². The first-order valence-corrected chi connectivity index (χ1v) is 11.5. The second-order valence-corrected chi connectivity index (χ2v) is 8.58. The number of aromatic nitrogens is 5. The first kappa shape index (κ1) is 23.7. The minimum absolute atomic E-state index is 0.108. The van der Waals surface area contributed by atoms with Crippen molar-refractivity contribution < 1.29 is 14.3 Å². The number of amides is 1.